The Morgan fingerprint density at radius 3 is 2.89 bits per heavy atom. The SMILES string of the molecule is COc1cc(C(=O)N2C[C@H]3CC[C@@H]2CN(Cc2ccccn2)C3)ccc1F. The normalized spacial score (nSPS) is 22.5. The van der Waals surface area contributed by atoms with E-state index in [2.05, 4.69) is 9.88 Å². The number of fused-ring (bicyclic) bond motifs is 4. The number of methoxy groups -OCH3 is 1. The van der Waals surface area contributed by atoms with Crippen molar-refractivity contribution in [3.63, 3.8) is 0 Å². The molecule has 4 heterocycles. The summed E-state index contributed by atoms with van der Waals surface area (Å²) in [6, 6.07) is 10.5. The third-order valence-corrected chi connectivity index (χ3v) is 5.56. The number of carbonyl (C=O) groups excluding carboxylic acids is 1. The van der Waals surface area contributed by atoms with Crippen molar-refractivity contribution in [3.05, 3.63) is 59.7 Å². The zero-order chi connectivity index (χ0) is 18.8. The highest BCUT2D eigenvalue weighted by atomic mass is 19.1. The van der Waals surface area contributed by atoms with Gasteiger partial charge in [0.25, 0.3) is 5.91 Å². The van der Waals surface area contributed by atoms with Crippen LogP contribution >= 0.6 is 0 Å². The van der Waals surface area contributed by atoms with Gasteiger partial charge >= 0.3 is 0 Å². The first-order valence-corrected chi connectivity index (χ1v) is 9.41. The molecule has 27 heavy (non-hydrogen) atoms. The van der Waals surface area contributed by atoms with Crippen LogP contribution in [0.4, 0.5) is 4.39 Å². The molecule has 2 atom stereocenters. The molecule has 5 nitrogen and oxygen atoms in total. The quantitative estimate of drug-likeness (QED) is 0.831. The number of benzene rings is 1. The fourth-order valence-electron chi connectivity index (χ4n) is 4.24. The number of aromatic nitrogens is 1. The number of pyridine rings is 1. The highest BCUT2D eigenvalue weighted by Gasteiger charge is 2.37. The number of rotatable bonds is 4. The molecule has 3 aliphatic heterocycles. The van der Waals surface area contributed by atoms with E-state index in [0.717, 1.165) is 44.7 Å². The average molecular weight is 369 g/mol. The van der Waals surface area contributed by atoms with E-state index >= 15 is 0 Å². The molecule has 3 aliphatic rings. The molecule has 6 heteroatoms. The molecule has 0 saturated carbocycles. The van der Waals surface area contributed by atoms with E-state index in [4.69, 9.17) is 4.74 Å². The molecule has 1 aromatic heterocycles. The Kier molecular flexibility index (Phi) is 5.07. The first-order chi connectivity index (χ1) is 13.1. The summed E-state index contributed by atoms with van der Waals surface area (Å²) < 4.78 is 18.7. The molecular formula is C21H24FN3O2. The second kappa shape index (κ2) is 7.64. The van der Waals surface area contributed by atoms with Gasteiger partial charge in [0.15, 0.2) is 11.6 Å². The molecule has 142 valence electrons. The average Bonchev–Trinajstić information content (AvgIpc) is 2.99. The molecular weight excluding hydrogens is 345 g/mol. The van der Waals surface area contributed by atoms with E-state index < -0.39 is 5.82 Å². The van der Waals surface area contributed by atoms with Crippen molar-refractivity contribution < 1.29 is 13.9 Å². The zero-order valence-corrected chi connectivity index (χ0v) is 15.5. The number of hydrogen-bond acceptors (Lipinski definition) is 4. The summed E-state index contributed by atoms with van der Waals surface area (Å²) in [6.45, 7) is 3.38. The second-order valence-corrected chi connectivity index (χ2v) is 7.42. The molecule has 3 saturated heterocycles. The van der Waals surface area contributed by atoms with Gasteiger partial charge in [-0.2, -0.15) is 0 Å². The van der Waals surface area contributed by atoms with Gasteiger partial charge in [-0.25, -0.2) is 4.39 Å². The van der Waals surface area contributed by atoms with Crippen LogP contribution in [0.15, 0.2) is 42.6 Å². The highest BCUT2D eigenvalue weighted by molar-refractivity contribution is 5.95. The maximum atomic E-state index is 13.7. The largest absolute Gasteiger partial charge is 0.494 e. The number of hydrogen-bond donors (Lipinski definition) is 0. The summed E-state index contributed by atoms with van der Waals surface area (Å²) in [4.78, 5) is 21.9. The van der Waals surface area contributed by atoms with Crippen LogP contribution < -0.4 is 4.74 Å². The second-order valence-electron chi connectivity index (χ2n) is 7.42. The van der Waals surface area contributed by atoms with Crippen molar-refractivity contribution in [1.29, 1.82) is 0 Å². The highest BCUT2D eigenvalue weighted by Crippen LogP contribution is 2.30. The molecule has 0 unspecified atom stereocenters. The third kappa shape index (κ3) is 3.81. The first kappa shape index (κ1) is 17.9. The van der Waals surface area contributed by atoms with E-state index in [1.807, 2.05) is 29.3 Å². The number of ether oxygens (including phenoxy) is 1. The van der Waals surface area contributed by atoms with Crippen LogP contribution in [0.2, 0.25) is 0 Å². The molecule has 2 aromatic rings. The molecule has 1 aromatic carbocycles. The number of carbonyl (C=O) groups is 1. The lowest BCUT2D eigenvalue weighted by molar-refractivity contribution is 0.0584. The Morgan fingerprint density at radius 1 is 1.22 bits per heavy atom. The van der Waals surface area contributed by atoms with Gasteiger partial charge in [0, 0.05) is 44.0 Å². The predicted molar refractivity (Wildman–Crippen MR) is 100 cm³/mol. The van der Waals surface area contributed by atoms with Crippen molar-refractivity contribution in [2.24, 2.45) is 5.92 Å². The van der Waals surface area contributed by atoms with Gasteiger partial charge in [-0.1, -0.05) is 6.07 Å². The van der Waals surface area contributed by atoms with Gasteiger partial charge in [-0.05, 0) is 49.1 Å². The number of nitrogens with zero attached hydrogens (tertiary/aromatic N) is 3. The standard InChI is InChI=1S/C21H24FN3O2/c1-27-20-10-16(6-8-19(20)22)21(26)25-12-15-5-7-18(25)14-24(11-15)13-17-4-2-3-9-23-17/h2-4,6,8-10,15,18H,5,7,11-14H2,1H3/t15-,18+/m0/s1. The predicted octanol–water partition coefficient (Wildman–Crippen LogP) is 2.97. The Balaban J connectivity index is 1.51. The zero-order valence-electron chi connectivity index (χ0n) is 15.5. The van der Waals surface area contributed by atoms with Gasteiger partial charge in [0.1, 0.15) is 0 Å². The summed E-state index contributed by atoms with van der Waals surface area (Å²) in [5.41, 5.74) is 1.54. The molecule has 5 rings (SSSR count). The Bertz CT molecular complexity index is 814. The van der Waals surface area contributed by atoms with Crippen LogP contribution in [0, 0.1) is 11.7 Å². The fraction of sp³-hybridized carbons (Fsp3) is 0.429. The first-order valence-electron chi connectivity index (χ1n) is 9.41. The number of amides is 1. The summed E-state index contributed by atoms with van der Waals surface area (Å²) >= 11 is 0. The summed E-state index contributed by atoms with van der Waals surface area (Å²) in [5, 5.41) is 0. The van der Waals surface area contributed by atoms with Crippen LogP contribution in [-0.2, 0) is 6.54 Å². The van der Waals surface area contributed by atoms with E-state index in [1.54, 1.807) is 6.07 Å². The molecule has 3 fully saturated rings. The number of halogens is 1. The Morgan fingerprint density at radius 2 is 2.11 bits per heavy atom. The molecule has 1 amide bonds. The van der Waals surface area contributed by atoms with Gasteiger partial charge in [0.2, 0.25) is 0 Å². The summed E-state index contributed by atoms with van der Waals surface area (Å²) in [7, 11) is 1.41. The monoisotopic (exact) mass is 369 g/mol. The fourth-order valence-corrected chi connectivity index (χ4v) is 4.24. The topological polar surface area (TPSA) is 45.7 Å². The minimum atomic E-state index is -0.451. The Labute approximate surface area is 158 Å². The van der Waals surface area contributed by atoms with Crippen molar-refractivity contribution in [3.8, 4) is 5.75 Å². The van der Waals surface area contributed by atoms with Crippen molar-refractivity contribution in [1.82, 2.24) is 14.8 Å². The third-order valence-electron chi connectivity index (χ3n) is 5.56. The summed E-state index contributed by atoms with van der Waals surface area (Å²) in [5.74, 6) is 0.0759. The summed E-state index contributed by atoms with van der Waals surface area (Å²) in [6.07, 6.45) is 3.97. The van der Waals surface area contributed by atoms with Gasteiger partial charge in [0.05, 0.1) is 12.8 Å². The van der Waals surface area contributed by atoms with Crippen molar-refractivity contribution in [2.75, 3.05) is 26.7 Å². The molecule has 0 aliphatic carbocycles. The van der Waals surface area contributed by atoms with Crippen molar-refractivity contribution in [2.45, 2.75) is 25.4 Å². The van der Waals surface area contributed by atoms with Crippen molar-refractivity contribution >= 4 is 5.91 Å². The molecule has 0 spiro atoms. The molecule has 2 bridgehead atoms. The maximum absolute atomic E-state index is 13.7. The van der Waals surface area contributed by atoms with Gasteiger partial charge < -0.3 is 9.64 Å². The minimum Gasteiger partial charge on any atom is -0.494 e. The van der Waals surface area contributed by atoms with E-state index in [1.165, 1.54) is 19.2 Å². The smallest absolute Gasteiger partial charge is 0.254 e. The van der Waals surface area contributed by atoms with Crippen LogP contribution in [0.3, 0.4) is 0 Å². The number of piperidine rings is 1. The van der Waals surface area contributed by atoms with E-state index in [-0.39, 0.29) is 17.7 Å². The van der Waals surface area contributed by atoms with Crippen LogP contribution in [-0.4, -0.2) is 53.5 Å². The lowest BCUT2D eigenvalue weighted by atomic mass is 9.94. The van der Waals surface area contributed by atoms with Gasteiger partial charge in [-0.15, -0.1) is 0 Å². The van der Waals surface area contributed by atoms with Gasteiger partial charge in [-0.3, -0.25) is 14.7 Å². The van der Waals surface area contributed by atoms with Crippen LogP contribution in [0.1, 0.15) is 28.9 Å². The molecule has 0 radical (unpaired) electrons. The molecule has 0 N–H and O–H groups in total. The van der Waals surface area contributed by atoms with E-state index in [0.29, 0.717) is 11.5 Å². The lowest BCUT2D eigenvalue weighted by Crippen LogP contribution is -2.47. The maximum Gasteiger partial charge on any atom is 0.254 e. The van der Waals surface area contributed by atoms with Crippen LogP contribution in [0.5, 0.6) is 5.75 Å². The minimum absolute atomic E-state index is 0.0392. The Hall–Kier alpha value is -2.47. The van der Waals surface area contributed by atoms with Crippen LogP contribution in [0.25, 0.3) is 0 Å². The van der Waals surface area contributed by atoms with E-state index in [9.17, 15) is 9.18 Å². The lowest BCUT2D eigenvalue weighted by Gasteiger charge is -2.36.